The Labute approximate surface area is 210 Å². The third kappa shape index (κ3) is 6.39. The van der Waals surface area contributed by atoms with E-state index in [9.17, 15) is 0 Å². The molecule has 3 heteroatoms. The standard InChI is InChI=1S/C31H40N2S/c1-5-33(4)22-32-16-15-29-17-24(3)30(18-23(29)2)19-25-20-31(34-21-25)28-13-11-27(12-14-28)26-9-7-6-8-10-26/h11-14,17-18,20-22,26H,5-10,15-16,19H2,1-4H3. The largest absolute Gasteiger partial charge is 0.366 e. The SMILES string of the molecule is CCN(C)C=NCCc1cc(C)c(Cc2csc(-c3ccc(C4CCCCC4)cc3)c2)cc1C. The first-order valence-electron chi connectivity index (χ1n) is 13.0. The molecule has 0 aliphatic heterocycles. The second-order valence-corrected chi connectivity index (χ2v) is 10.9. The highest BCUT2D eigenvalue weighted by Gasteiger charge is 2.15. The number of aryl methyl sites for hydroxylation is 2. The van der Waals surface area contributed by atoms with Gasteiger partial charge in [-0.15, -0.1) is 11.3 Å². The van der Waals surface area contributed by atoms with Crippen molar-refractivity contribution < 1.29 is 0 Å². The third-order valence-corrected chi connectivity index (χ3v) is 8.43. The van der Waals surface area contributed by atoms with E-state index in [4.69, 9.17) is 0 Å². The summed E-state index contributed by atoms with van der Waals surface area (Å²) >= 11 is 1.87. The lowest BCUT2D eigenvalue weighted by molar-refractivity contribution is 0.443. The van der Waals surface area contributed by atoms with Crippen molar-refractivity contribution >= 4 is 17.7 Å². The third-order valence-electron chi connectivity index (χ3n) is 7.40. The Bertz CT molecular complexity index is 1090. The zero-order valence-electron chi connectivity index (χ0n) is 21.4. The quantitative estimate of drug-likeness (QED) is 0.226. The highest BCUT2D eigenvalue weighted by Crippen LogP contribution is 2.35. The van der Waals surface area contributed by atoms with E-state index in [-0.39, 0.29) is 0 Å². The van der Waals surface area contributed by atoms with E-state index in [1.54, 1.807) is 0 Å². The maximum atomic E-state index is 4.56. The summed E-state index contributed by atoms with van der Waals surface area (Å²) in [6.07, 6.45) is 10.9. The van der Waals surface area contributed by atoms with Crippen molar-refractivity contribution in [1.29, 1.82) is 0 Å². The molecule has 0 atom stereocenters. The van der Waals surface area contributed by atoms with Gasteiger partial charge in [0.2, 0.25) is 0 Å². The van der Waals surface area contributed by atoms with Crippen LogP contribution in [0, 0.1) is 13.8 Å². The Morgan fingerprint density at radius 3 is 2.41 bits per heavy atom. The summed E-state index contributed by atoms with van der Waals surface area (Å²) < 4.78 is 0. The van der Waals surface area contributed by atoms with Crippen LogP contribution >= 0.6 is 11.3 Å². The van der Waals surface area contributed by atoms with Gasteiger partial charge in [-0.2, -0.15) is 0 Å². The summed E-state index contributed by atoms with van der Waals surface area (Å²) in [6, 6.07) is 16.6. The van der Waals surface area contributed by atoms with Crippen LogP contribution in [-0.2, 0) is 12.8 Å². The number of nitrogens with zero attached hydrogens (tertiary/aromatic N) is 2. The van der Waals surface area contributed by atoms with Gasteiger partial charge in [0, 0.05) is 25.0 Å². The molecule has 1 aromatic heterocycles. The van der Waals surface area contributed by atoms with Crippen molar-refractivity contribution in [2.24, 2.45) is 4.99 Å². The summed E-state index contributed by atoms with van der Waals surface area (Å²) in [5, 5.41) is 2.34. The molecule has 0 spiro atoms. The van der Waals surface area contributed by atoms with E-state index < -0.39 is 0 Å². The lowest BCUT2D eigenvalue weighted by Gasteiger charge is -2.22. The minimum atomic E-state index is 0.778. The Balaban J connectivity index is 1.39. The van der Waals surface area contributed by atoms with E-state index in [1.165, 1.54) is 75.9 Å². The van der Waals surface area contributed by atoms with E-state index in [0.717, 1.165) is 31.8 Å². The van der Waals surface area contributed by atoms with Crippen LogP contribution in [0.4, 0.5) is 0 Å². The lowest BCUT2D eigenvalue weighted by atomic mass is 9.84. The van der Waals surface area contributed by atoms with Gasteiger partial charge in [0.05, 0.1) is 6.34 Å². The molecular weight excluding hydrogens is 432 g/mol. The first-order valence-corrected chi connectivity index (χ1v) is 13.9. The van der Waals surface area contributed by atoms with Crippen molar-refractivity contribution in [3.05, 3.63) is 81.2 Å². The molecule has 3 aromatic rings. The van der Waals surface area contributed by atoms with E-state index in [1.807, 2.05) is 17.7 Å². The number of benzene rings is 2. The van der Waals surface area contributed by atoms with E-state index >= 15 is 0 Å². The van der Waals surface area contributed by atoms with Gasteiger partial charge in [0.25, 0.3) is 0 Å². The number of rotatable bonds is 9. The molecule has 2 aromatic carbocycles. The zero-order chi connectivity index (χ0) is 23.9. The van der Waals surface area contributed by atoms with Gasteiger partial charge >= 0.3 is 0 Å². The summed E-state index contributed by atoms with van der Waals surface area (Å²) in [4.78, 5) is 8.06. The van der Waals surface area contributed by atoms with Crippen LogP contribution < -0.4 is 0 Å². The summed E-state index contributed by atoms with van der Waals surface area (Å²) in [7, 11) is 2.07. The van der Waals surface area contributed by atoms with Crippen LogP contribution in [0.2, 0.25) is 0 Å². The van der Waals surface area contributed by atoms with Gasteiger partial charge in [-0.3, -0.25) is 4.99 Å². The van der Waals surface area contributed by atoms with Gasteiger partial charge in [0.15, 0.2) is 0 Å². The summed E-state index contributed by atoms with van der Waals surface area (Å²) in [5.41, 5.74) is 9.93. The smallest absolute Gasteiger partial charge is 0.0847 e. The predicted octanol–water partition coefficient (Wildman–Crippen LogP) is 8.19. The Morgan fingerprint density at radius 2 is 1.68 bits per heavy atom. The number of aliphatic imine (C=N–C) groups is 1. The molecule has 2 nitrogen and oxygen atoms in total. The highest BCUT2D eigenvalue weighted by molar-refractivity contribution is 7.13. The molecule has 1 fully saturated rings. The predicted molar refractivity (Wildman–Crippen MR) is 150 cm³/mol. The Morgan fingerprint density at radius 1 is 0.971 bits per heavy atom. The monoisotopic (exact) mass is 472 g/mol. The highest BCUT2D eigenvalue weighted by atomic mass is 32.1. The summed E-state index contributed by atoms with van der Waals surface area (Å²) in [5.74, 6) is 0.778. The van der Waals surface area contributed by atoms with Gasteiger partial charge in [-0.05, 0) is 103 Å². The molecule has 1 heterocycles. The van der Waals surface area contributed by atoms with Crippen molar-refractivity contribution in [3.8, 4) is 10.4 Å². The molecule has 1 aliphatic rings. The second-order valence-electron chi connectivity index (χ2n) is 10.0. The van der Waals surface area contributed by atoms with Crippen LogP contribution in [-0.4, -0.2) is 31.4 Å². The van der Waals surface area contributed by atoms with Crippen molar-refractivity contribution in [2.45, 2.75) is 71.6 Å². The minimum absolute atomic E-state index is 0.778. The molecule has 0 amide bonds. The molecular formula is C31H40N2S. The van der Waals surface area contributed by atoms with Crippen molar-refractivity contribution in [1.82, 2.24) is 4.90 Å². The van der Waals surface area contributed by atoms with Crippen LogP contribution in [0.25, 0.3) is 10.4 Å². The first-order chi connectivity index (χ1) is 16.5. The van der Waals surface area contributed by atoms with Gasteiger partial charge in [-0.25, -0.2) is 0 Å². The second kappa shape index (κ2) is 11.8. The molecule has 0 bridgehead atoms. The molecule has 1 saturated carbocycles. The Kier molecular flexibility index (Phi) is 8.61. The Hall–Kier alpha value is -2.39. The van der Waals surface area contributed by atoms with Crippen molar-refractivity contribution in [3.63, 3.8) is 0 Å². The first kappa shape index (κ1) is 24.7. The number of hydrogen-bond acceptors (Lipinski definition) is 2. The van der Waals surface area contributed by atoms with Crippen LogP contribution in [0.1, 0.15) is 78.3 Å². The molecule has 0 saturated heterocycles. The maximum Gasteiger partial charge on any atom is 0.0847 e. The molecule has 0 N–H and O–H groups in total. The van der Waals surface area contributed by atoms with Gasteiger partial charge < -0.3 is 4.90 Å². The average molecular weight is 473 g/mol. The van der Waals surface area contributed by atoms with Crippen LogP contribution in [0.15, 0.2) is 52.8 Å². The number of thiophene rings is 1. The molecule has 4 rings (SSSR count). The van der Waals surface area contributed by atoms with Gasteiger partial charge in [-0.1, -0.05) is 55.7 Å². The maximum absolute atomic E-state index is 4.56. The fourth-order valence-corrected chi connectivity index (χ4v) is 5.98. The fourth-order valence-electron chi connectivity index (χ4n) is 5.05. The zero-order valence-corrected chi connectivity index (χ0v) is 22.3. The summed E-state index contributed by atoms with van der Waals surface area (Å²) in [6.45, 7) is 8.48. The van der Waals surface area contributed by atoms with Gasteiger partial charge in [0.1, 0.15) is 0 Å². The van der Waals surface area contributed by atoms with Crippen LogP contribution in [0.3, 0.4) is 0 Å². The number of hydrogen-bond donors (Lipinski definition) is 0. The molecule has 0 unspecified atom stereocenters. The molecule has 180 valence electrons. The normalized spacial score (nSPS) is 14.7. The molecule has 1 aliphatic carbocycles. The van der Waals surface area contributed by atoms with Crippen LogP contribution in [0.5, 0.6) is 0 Å². The topological polar surface area (TPSA) is 15.6 Å². The van der Waals surface area contributed by atoms with E-state index in [0.29, 0.717) is 0 Å². The minimum Gasteiger partial charge on any atom is -0.366 e. The molecule has 34 heavy (non-hydrogen) atoms. The fraction of sp³-hybridized carbons (Fsp3) is 0.452. The average Bonchev–Trinajstić information content (AvgIpc) is 3.33. The van der Waals surface area contributed by atoms with Crippen molar-refractivity contribution in [2.75, 3.05) is 20.1 Å². The van der Waals surface area contributed by atoms with E-state index in [2.05, 4.69) is 85.6 Å². The molecule has 0 radical (unpaired) electrons. The lowest BCUT2D eigenvalue weighted by Crippen LogP contribution is -2.15.